The van der Waals surface area contributed by atoms with Crippen LogP contribution in [-0.2, 0) is 17.4 Å². The second kappa shape index (κ2) is 7.31. The minimum atomic E-state index is -4.34. The van der Waals surface area contributed by atoms with Crippen molar-refractivity contribution < 1.29 is 18.0 Å². The second-order valence-electron chi connectivity index (χ2n) is 4.86. The Balaban J connectivity index is 2.50. The maximum Gasteiger partial charge on any atom is 0.416 e. The molecule has 0 heterocycles. The first-order valence-corrected chi connectivity index (χ1v) is 6.79. The van der Waals surface area contributed by atoms with Gasteiger partial charge in [0.15, 0.2) is 0 Å². The molecule has 0 aliphatic rings. The monoisotopic (exact) mass is 287 g/mol. The molecule has 1 aromatic carbocycles. The van der Waals surface area contributed by atoms with Crippen LogP contribution in [0.25, 0.3) is 0 Å². The molecule has 20 heavy (non-hydrogen) atoms. The largest absolute Gasteiger partial charge is 0.416 e. The Hall–Kier alpha value is -1.52. The summed E-state index contributed by atoms with van der Waals surface area (Å²) in [6.45, 7) is 4.75. The lowest BCUT2D eigenvalue weighted by molar-refractivity contribution is -0.137. The lowest BCUT2D eigenvalue weighted by atomic mass is 10.0. The minimum absolute atomic E-state index is 0.109. The lowest BCUT2D eigenvalue weighted by Gasteiger charge is -2.13. The molecular weight excluding hydrogens is 267 g/mol. The third-order valence-corrected chi connectivity index (χ3v) is 3.39. The number of benzene rings is 1. The van der Waals surface area contributed by atoms with Crippen LogP contribution in [-0.4, -0.2) is 12.5 Å². The Labute approximate surface area is 117 Å². The van der Waals surface area contributed by atoms with Crippen LogP contribution in [0.1, 0.15) is 37.8 Å². The van der Waals surface area contributed by atoms with Gasteiger partial charge in [-0.2, -0.15) is 13.2 Å². The molecule has 0 fully saturated rings. The van der Waals surface area contributed by atoms with Crippen LogP contribution in [0.3, 0.4) is 0 Å². The molecule has 5 heteroatoms. The predicted octanol–water partition coefficient (Wildman–Crippen LogP) is 3.80. The summed E-state index contributed by atoms with van der Waals surface area (Å²) >= 11 is 0. The summed E-state index contributed by atoms with van der Waals surface area (Å²) in [6.07, 6.45) is -2.23. The van der Waals surface area contributed by atoms with Gasteiger partial charge in [0.05, 0.1) is 12.0 Å². The summed E-state index contributed by atoms with van der Waals surface area (Å²) in [5, 5.41) is 2.82. The summed E-state index contributed by atoms with van der Waals surface area (Å²) in [6, 6.07) is 4.70. The van der Waals surface area contributed by atoms with Crippen LogP contribution < -0.4 is 5.32 Å². The van der Waals surface area contributed by atoms with Gasteiger partial charge in [-0.25, -0.2) is 0 Å². The zero-order valence-corrected chi connectivity index (χ0v) is 11.8. The fourth-order valence-corrected chi connectivity index (χ4v) is 1.89. The predicted molar refractivity (Wildman–Crippen MR) is 72.2 cm³/mol. The van der Waals surface area contributed by atoms with E-state index in [9.17, 15) is 18.0 Å². The molecule has 0 bridgehead atoms. The highest BCUT2D eigenvalue weighted by atomic mass is 19.4. The van der Waals surface area contributed by atoms with Crippen molar-refractivity contribution in [2.45, 2.75) is 39.3 Å². The summed E-state index contributed by atoms with van der Waals surface area (Å²) in [5.74, 6) is 0.295. The average Bonchev–Trinajstić information content (AvgIpc) is 2.39. The van der Waals surface area contributed by atoms with Crippen molar-refractivity contribution in [1.29, 1.82) is 0 Å². The number of hydrogen-bond donors (Lipinski definition) is 1. The standard InChI is InChI=1S/C15H20F3NO/c1-3-11(4-2)10-19-14(20)9-12-5-7-13(8-6-12)15(16,17)18/h5-8,11H,3-4,9-10H2,1-2H3,(H,19,20). The van der Waals surface area contributed by atoms with E-state index in [1.165, 1.54) is 12.1 Å². The Morgan fingerprint density at radius 1 is 1.15 bits per heavy atom. The molecule has 2 nitrogen and oxygen atoms in total. The highest BCUT2D eigenvalue weighted by Gasteiger charge is 2.29. The fourth-order valence-electron chi connectivity index (χ4n) is 1.89. The number of alkyl halides is 3. The van der Waals surface area contributed by atoms with E-state index in [2.05, 4.69) is 19.2 Å². The maximum atomic E-state index is 12.4. The number of rotatable bonds is 6. The molecule has 0 saturated carbocycles. The Morgan fingerprint density at radius 2 is 1.70 bits per heavy atom. The van der Waals surface area contributed by atoms with Crippen LogP contribution in [0, 0.1) is 5.92 Å². The topological polar surface area (TPSA) is 29.1 Å². The third-order valence-electron chi connectivity index (χ3n) is 3.39. The van der Waals surface area contributed by atoms with Gasteiger partial charge >= 0.3 is 6.18 Å². The van der Waals surface area contributed by atoms with Gasteiger partial charge in [0, 0.05) is 6.54 Å². The number of nitrogens with one attached hydrogen (secondary N) is 1. The Kier molecular flexibility index (Phi) is 6.05. The first-order valence-electron chi connectivity index (χ1n) is 6.79. The van der Waals surface area contributed by atoms with E-state index in [0.717, 1.165) is 25.0 Å². The van der Waals surface area contributed by atoms with Gasteiger partial charge in [0.2, 0.25) is 5.91 Å². The van der Waals surface area contributed by atoms with Gasteiger partial charge in [0.1, 0.15) is 0 Å². The van der Waals surface area contributed by atoms with Crippen molar-refractivity contribution in [2.24, 2.45) is 5.92 Å². The fraction of sp³-hybridized carbons (Fsp3) is 0.533. The summed E-state index contributed by atoms with van der Waals surface area (Å²) in [5.41, 5.74) is -0.112. The van der Waals surface area contributed by atoms with Gasteiger partial charge < -0.3 is 5.32 Å². The van der Waals surface area contributed by atoms with E-state index in [1.807, 2.05) is 0 Å². The zero-order valence-electron chi connectivity index (χ0n) is 11.8. The molecule has 0 aliphatic carbocycles. The number of carbonyl (C=O) groups is 1. The van der Waals surface area contributed by atoms with Gasteiger partial charge in [-0.3, -0.25) is 4.79 Å². The molecule has 0 unspecified atom stereocenters. The van der Waals surface area contributed by atoms with Gasteiger partial charge in [-0.05, 0) is 23.6 Å². The number of halogens is 3. The SMILES string of the molecule is CCC(CC)CNC(=O)Cc1ccc(C(F)(F)F)cc1. The molecule has 0 radical (unpaired) electrons. The van der Waals surface area contributed by atoms with E-state index in [0.29, 0.717) is 18.0 Å². The van der Waals surface area contributed by atoms with E-state index in [-0.39, 0.29) is 12.3 Å². The molecule has 0 aromatic heterocycles. The number of carbonyl (C=O) groups excluding carboxylic acids is 1. The van der Waals surface area contributed by atoms with Crippen LogP contribution in [0.5, 0.6) is 0 Å². The molecule has 1 N–H and O–H groups in total. The average molecular weight is 287 g/mol. The Morgan fingerprint density at radius 3 is 2.15 bits per heavy atom. The number of amides is 1. The molecule has 0 saturated heterocycles. The summed E-state index contributed by atoms with van der Waals surface area (Å²) in [7, 11) is 0. The van der Waals surface area contributed by atoms with E-state index in [4.69, 9.17) is 0 Å². The van der Waals surface area contributed by atoms with Crippen molar-refractivity contribution in [3.05, 3.63) is 35.4 Å². The van der Waals surface area contributed by atoms with Crippen LogP contribution in [0.2, 0.25) is 0 Å². The molecule has 1 aromatic rings. The molecule has 1 rings (SSSR count). The van der Waals surface area contributed by atoms with Gasteiger partial charge in [-0.1, -0.05) is 38.8 Å². The van der Waals surface area contributed by atoms with Crippen molar-refractivity contribution >= 4 is 5.91 Å². The molecule has 112 valence electrons. The first kappa shape index (κ1) is 16.5. The van der Waals surface area contributed by atoms with Crippen molar-refractivity contribution in [3.63, 3.8) is 0 Å². The van der Waals surface area contributed by atoms with Crippen LogP contribution >= 0.6 is 0 Å². The maximum absolute atomic E-state index is 12.4. The first-order chi connectivity index (χ1) is 9.36. The Bertz CT molecular complexity index is 422. The second-order valence-corrected chi connectivity index (χ2v) is 4.86. The van der Waals surface area contributed by atoms with E-state index in [1.54, 1.807) is 0 Å². The number of hydrogen-bond acceptors (Lipinski definition) is 1. The lowest BCUT2D eigenvalue weighted by Crippen LogP contribution is -2.30. The molecule has 0 aliphatic heterocycles. The van der Waals surface area contributed by atoms with Crippen LogP contribution in [0.4, 0.5) is 13.2 Å². The molecule has 1 amide bonds. The van der Waals surface area contributed by atoms with Gasteiger partial charge in [-0.15, -0.1) is 0 Å². The highest BCUT2D eigenvalue weighted by molar-refractivity contribution is 5.78. The summed E-state index contributed by atoms with van der Waals surface area (Å²) in [4.78, 5) is 11.7. The van der Waals surface area contributed by atoms with E-state index < -0.39 is 11.7 Å². The quantitative estimate of drug-likeness (QED) is 0.847. The molecule has 0 atom stereocenters. The normalized spacial score (nSPS) is 11.7. The molecule has 0 spiro atoms. The van der Waals surface area contributed by atoms with Crippen molar-refractivity contribution in [1.82, 2.24) is 5.32 Å². The third kappa shape index (κ3) is 5.23. The van der Waals surface area contributed by atoms with Crippen LogP contribution in [0.15, 0.2) is 24.3 Å². The zero-order chi connectivity index (χ0) is 15.2. The molecular formula is C15H20F3NO. The van der Waals surface area contributed by atoms with Crippen molar-refractivity contribution in [3.8, 4) is 0 Å². The van der Waals surface area contributed by atoms with Gasteiger partial charge in [0.25, 0.3) is 0 Å². The highest BCUT2D eigenvalue weighted by Crippen LogP contribution is 2.29. The smallest absolute Gasteiger partial charge is 0.356 e. The minimum Gasteiger partial charge on any atom is -0.356 e. The summed E-state index contributed by atoms with van der Waals surface area (Å²) < 4.78 is 37.2. The van der Waals surface area contributed by atoms with E-state index >= 15 is 0 Å². The van der Waals surface area contributed by atoms with Crippen molar-refractivity contribution in [2.75, 3.05) is 6.54 Å².